The van der Waals surface area contributed by atoms with Gasteiger partial charge in [-0.25, -0.2) is 0 Å². The second-order valence-corrected chi connectivity index (χ2v) is 3.79. The predicted octanol–water partition coefficient (Wildman–Crippen LogP) is 1.27. The molecule has 1 heterocycles. The molecule has 14 heavy (non-hydrogen) atoms. The highest BCUT2D eigenvalue weighted by Gasteiger charge is 2.18. The van der Waals surface area contributed by atoms with E-state index in [0.29, 0.717) is 5.16 Å². The van der Waals surface area contributed by atoms with Gasteiger partial charge in [-0.1, -0.05) is 25.6 Å². The Morgan fingerprint density at radius 3 is 2.79 bits per heavy atom. The maximum absolute atomic E-state index is 11.7. The van der Waals surface area contributed by atoms with Gasteiger partial charge in [-0.15, -0.1) is 5.10 Å². The Labute approximate surface area is 87.1 Å². The Bertz CT molecular complexity index is 336. The molecule has 1 rings (SSSR count). The quantitative estimate of drug-likeness (QED) is 0.767. The Hall–Kier alpha value is -1.04. The first kappa shape index (κ1) is 11.0. The normalized spacial score (nSPS) is 12.8. The van der Waals surface area contributed by atoms with E-state index in [9.17, 15) is 4.79 Å². The third-order valence-corrected chi connectivity index (χ3v) is 2.58. The summed E-state index contributed by atoms with van der Waals surface area (Å²) in [5.41, 5.74) is 5.57. The summed E-state index contributed by atoms with van der Waals surface area (Å²) >= 11 is 1.37. The summed E-state index contributed by atoms with van der Waals surface area (Å²) in [4.78, 5) is 15.6. The summed E-state index contributed by atoms with van der Waals surface area (Å²) in [6.45, 7) is 3.80. The van der Waals surface area contributed by atoms with Gasteiger partial charge in [-0.2, -0.15) is 9.67 Å². The molecule has 5 nitrogen and oxygen atoms in total. The average molecular weight is 214 g/mol. The number of nitrogen functional groups attached to an aromatic ring is 1. The number of carbonyl (C=O) groups excluding carboxylic acids is 1. The van der Waals surface area contributed by atoms with Gasteiger partial charge >= 0.3 is 0 Å². The van der Waals surface area contributed by atoms with Crippen molar-refractivity contribution in [1.29, 1.82) is 0 Å². The highest BCUT2D eigenvalue weighted by molar-refractivity contribution is 7.98. The fraction of sp³-hybridized carbons (Fsp3) is 0.625. The molecule has 0 aliphatic carbocycles. The summed E-state index contributed by atoms with van der Waals surface area (Å²) < 4.78 is 1.18. The fourth-order valence-electron chi connectivity index (χ4n) is 0.937. The van der Waals surface area contributed by atoms with Crippen LogP contribution < -0.4 is 5.73 Å². The molecule has 0 saturated carbocycles. The predicted molar refractivity (Wildman–Crippen MR) is 56.3 cm³/mol. The zero-order valence-electron chi connectivity index (χ0n) is 8.52. The fourth-order valence-corrected chi connectivity index (χ4v) is 1.28. The van der Waals surface area contributed by atoms with Crippen molar-refractivity contribution >= 4 is 23.6 Å². The van der Waals surface area contributed by atoms with E-state index in [-0.39, 0.29) is 17.8 Å². The Balaban J connectivity index is 2.94. The summed E-state index contributed by atoms with van der Waals surface area (Å²) in [5.74, 6) is -0.00819. The third kappa shape index (κ3) is 2.06. The van der Waals surface area contributed by atoms with Crippen LogP contribution in [-0.2, 0) is 0 Å². The summed E-state index contributed by atoms with van der Waals surface area (Å²) in [5, 5.41) is 4.52. The molecule has 0 aromatic carbocycles. The maximum Gasteiger partial charge on any atom is 0.252 e. The van der Waals surface area contributed by atoms with Crippen LogP contribution in [0.4, 0.5) is 5.95 Å². The second kappa shape index (κ2) is 4.45. The number of thioether (sulfide) groups is 1. The molecule has 0 aliphatic heterocycles. The molecular weight excluding hydrogens is 200 g/mol. The number of hydrogen-bond acceptors (Lipinski definition) is 5. The lowest BCUT2D eigenvalue weighted by Gasteiger charge is -2.06. The van der Waals surface area contributed by atoms with Gasteiger partial charge in [0, 0.05) is 5.92 Å². The molecule has 0 aliphatic rings. The van der Waals surface area contributed by atoms with Crippen molar-refractivity contribution < 1.29 is 4.79 Å². The lowest BCUT2D eigenvalue weighted by Crippen LogP contribution is -2.21. The van der Waals surface area contributed by atoms with Crippen LogP contribution in [0.5, 0.6) is 0 Å². The van der Waals surface area contributed by atoms with E-state index in [0.717, 1.165) is 6.42 Å². The lowest BCUT2D eigenvalue weighted by molar-refractivity contribution is 0.0827. The van der Waals surface area contributed by atoms with Crippen molar-refractivity contribution in [3.63, 3.8) is 0 Å². The minimum absolute atomic E-state index is 0.0753. The molecule has 2 N–H and O–H groups in total. The number of nitrogens with two attached hydrogens (primary N) is 1. The minimum Gasteiger partial charge on any atom is -0.368 e. The van der Waals surface area contributed by atoms with Crippen molar-refractivity contribution in [2.75, 3.05) is 12.0 Å². The van der Waals surface area contributed by atoms with E-state index in [2.05, 4.69) is 10.1 Å². The van der Waals surface area contributed by atoms with Crippen LogP contribution in [0.1, 0.15) is 25.1 Å². The van der Waals surface area contributed by atoms with Gasteiger partial charge in [0.1, 0.15) is 0 Å². The average Bonchev–Trinajstić information content (AvgIpc) is 2.57. The summed E-state index contributed by atoms with van der Waals surface area (Å²) in [7, 11) is 0. The van der Waals surface area contributed by atoms with E-state index in [4.69, 9.17) is 5.73 Å². The lowest BCUT2D eigenvalue weighted by atomic mass is 10.1. The number of hydrogen-bond donors (Lipinski definition) is 1. The number of nitrogens with zero attached hydrogens (tertiary/aromatic N) is 3. The molecule has 1 aromatic heterocycles. The van der Waals surface area contributed by atoms with Gasteiger partial charge in [0.15, 0.2) is 0 Å². The minimum atomic E-state index is -0.0993. The molecule has 6 heteroatoms. The van der Waals surface area contributed by atoms with Crippen LogP contribution in [0.2, 0.25) is 0 Å². The topological polar surface area (TPSA) is 73.8 Å². The monoisotopic (exact) mass is 214 g/mol. The molecule has 0 amide bonds. The number of carbonyl (C=O) groups is 1. The zero-order valence-corrected chi connectivity index (χ0v) is 9.34. The van der Waals surface area contributed by atoms with E-state index < -0.39 is 0 Å². The van der Waals surface area contributed by atoms with Gasteiger partial charge in [0.25, 0.3) is 5.91 Å². The Kier molecular flexibility index (Phi) is 3.51. The molecule has 78 valence electrons. The first-order valence-corrected chi connectivity index (χ1v) is 5.63. The number of anilines is 1. The maximum atomic E-state index is 11.7. The van der Waals surface area contributed by atoms with Gasteiger partial charge in [-0.3, -0.25) is 4.79 Å². The number of rotatable bonds is 3. The SMILES string of the molecule is CCC(C)C(=O)n1nc(SC)nc1N. The van der Waals surface area contributed by atoms with E-state index in [1.807, 2.05) is 20.1 Å². The Morgan fingerprint density at radius 2 is 2.36 bits per heavy atom. The van der Waals surface area contributed by atoms with Crippen molar-refractivity contribution in [1.82, 2.24) is 14.8 Å². The first-order valence-electron chi connectivity index (χ1n) is 4.40. The highest BCUT2D eigenvalue weighted by atomic mass is 32.2. The zero-order chi connectivity index (χ0) is 10.7. The molecule has 0 saturated heterocycles. The van der Waals surface area contributed by atoms with Crippen LogP contribution in [0.15, 0.2) is 5.16 Å². The van der Waals surface area contributed by atoms with Gasteiger partial charge < -0.3 is 5.73 Å². The molecular formula is C8H14N4OS. The van der Waals surface area contributed by atoms with Crippen LogP contribution in [0, 0.1) is 5.92 Å². The standard InChI is InChI=1S/C8H14N4OS/c1-4-5(2)6(13)12-7(9)10-8(11-12)14-3/h5H,4H2,1-3H3,(H2,9,10,11). The van der Waals surface area contributed by atoms with Gasteiger partial charge in [-0.05, 0) is 12.7 Å². The van der Waals surface area contributed by atoms with Gasteiger partial charge in [0.05, 0.1) is 0 Å². The molecule has 0 fully saturated rings. The summed E-state index contributed by atoms with van der Waals surface area (Å²) in [6, 6.07) is 0. The molecule has 0 bridgehead atoms. The van der Waals surface area contributed by atoms with Crippen molar-refractivity contribution in [2.45, 2.75) is 25.4 Å². The van der Waals surface area contributed by atoms with Crippen molar-refractivity contribution in [3.05, 3.63) is 0 Å². The second-order valence-electron chi connectivity index (χ2n) is 3.02. The molecule has 1 aromatic rings. The van der Waals surface area contributed by atoms with Gasteiger partial charge in [0.2, 0.25) is 11.1 Å². The molecule has 0 spiro atoms. The van der Waals surface area contributed by atoms with Crippen molar-refractivity contribution in [2.24, 2.45) is 5.92 Å². The van der Waals surface area contributed by atoms with E-state index >= 15 is 0 Å². The van der Waals surface area contributed by atoms with E-state index in [1.54, 1.807) is 0 Å². The van der Waals surface area contributed by atoms with Crippen LogP contribution in [0.25, 0.3) is 0 Å². The Morgan fingerprint density at radius 1 is 1.71 bits per heavy atom. The molecule has 0 radical (unpaired) electrons. The van der Waals surface area contributed by atoms with Crippen LogP contribution in [0.3, 0.4) is 0 Å². The number of aromatic nitrogens is 3. The highest BCUT2D eigenvalue weighted by Crippen LogP contribution is 2.13. The third-order valence-electron chi connectivity index (χ3n) is 2.04. The van der Waals surface area contributed by atoms with E-state index in [1.165, 1.54) is 16.4 Å². The molecule has 1 unspecified atom stereocenters. The molecule has 1 atom stereocenters. The van der Waals surface area contributed by atoms with Crippen LogP contribution >= 0.6 is 11.8 Å². The first-order chi connectivity index (χ1) is 6.60. The smallest absolute Gasteiger partial charge is 0.252 e. The van der Waals surface area contributed by atoms with Crippen LogP contribution in [-0.4, -0.2) is 26.9 Å². The largest absolute Gasteiger partial charge is 0.368 e. The van der Waals surface area contributed by atoms with Crippen molar-refractivity contribution in [3.8, 4) is 0 Å². The summed E-state index contributed by atoms with van der Waals surface area (Å²) in [6.07, 6.45) is 2.61.